The molecule has 1 saturated heterocycles. The highest BCUT2D eigenvalue weighted by molar-refractivity contribution is 6.32. The van der Waals surface area contributed by atoms with Gasteiger partial charge in [-0.25, -0.2) is 5.06 Å². The summed E-state index contributed by atoms with van der Waals surface area (Å²) in [5.41, 5.74) is 2.24. The number of rotatable bonds is 13. The van der Waals surface area contributed by atoms with Crippen molar-refractivity contribution >= 4 is 35.4 Å². The summed E-state index contributed by atoms with van der Waals surface area (Å²) in [5.74, 6) is -0.808. The maximum Gasteiger partial charge on any atom is 0.245 e. The van der Waals surface area contributed by atoms with Crippen molar-refractivity contribution in [3.63, 3.8) is 0 Å². The molecule has 1 aromatic rings. The van der Waals surface area contributed by atoms with E-state index in [0.717, 1.165) is 42.5 Å². The van der Waals surface area contributed by atoms with Gasteiger partial charge in [-0.3, -0.25) is 19.6 Å². The van der Waals surface area contributed by atoms with Crippen molar-refractivity contribution in [2.24, 2.45) is 17.3 Å². The lowest BCUT2D eigenvalue weighted by Gasteiger charge is -2.39. The molecule has 3 N–H and O–H groups in total. The molecule has 0 saturated carbocycles. The van der Waals surface area contributed by atoms with Crippen LogP contribution in [0, 0.1) is 17.3 Å². The van der Waals surface area contributed by atoms with Gasteiger partial charge in [-0.15, -0.1) is 0 Å². The molecule has 0 spiro atoms. The molecule has 0 radical (unpaired) electrons. The average Bonchev–Trinajstić information content (AvgIpc) is 2.91. The minimum atomic E-state index is -0.728. The zero-order valence-electron chi connectivity index (χ0n) is 24.0. The maximum atomic E-state index is 13.7. The second-order valence-corrected chi connectivity index (χ2v) is 11.7. The second kappa shape index (κ2) is 15.1. The second-order valence-electron chi connectivity index (χ2n) is 11.3. The summed E-state index contributed by atoms with van der Waals surface area (Å²) in [6.45, 7) is 13.0. The van der Waals surface area contributed by atoms with Gasteiger partial charge in [0.1, 0.15) is 6.04 Å². The summed E-state index contributed by atoms with van der Waals surface area (Å²) in [4.78, 5) is 39.6. The zero-order chi connectivity index (χ0) is 29.2. The molecule has 216 valence electrons. The molecule has 2 atom stereocenters. The first kappa shape index (κ1) is 32.4. The number of carbonyl (C=O) groups is 3. The topological polar surface area (TPSA) is 102 Å². The Morgan fingerprint density at radius 2 is 1.90 bits per heavy atom. The van der Waals surface area contributed by atoms with Crippen molar-refractivity contribution in [2.75, 3.05) is 26.7 Å². The Balaban J connectivity index is 2.10. The number of hydrogen-bond acceptors (Lipinski definition) is 5. The van der Waals surface area contributed by atoms with Gasteiger partial charge in [-0.1, -0.05) is 76.9 Å². The van der Waals surface area contributed by atoms with E-state index in [2.05, 4.69) is 17.2 Å². The Hall–Kier alpha value is -2.84. The van der Waals surface area contributed by atoms with Crippen LogP contribution in [0.15, 0.2) is 42.6 Å². The highest BCUT2D eigenvalue weighted by Gasteiger charge is 2.38. The molecule has 1 fully saturated rings. The number of amides is 3. The first-order chi connectivity index (χ1) is 18.4. The monoisotopic (exact) mass is 560 g/mol. The van der Waals surface area contributed by atoms with Gasteiger partial charge >= 0.3 is 0 Å². The van der Waals surface area contributed by atoms with Crippen LogP contribution < -0.4 is 10.6 Å². The van der Waals surface area contributed by atoms with E-state index < -0.39 is 17.4 Å². The van der Waals surface area contributed by atoms with Gasteiger partial charge in [0.25, 0.3) is 0 Å². The molecule has 39 heavy (non-hydrogen) atoms. The molecule has 1 unspecified atom stereocenters. The predicted molar refractivity (Wildman–Crippen MR) is 156 cm³/mol. The molecule has 3 amide bonds. The molecule has 0 aliphatic carbocycles. The number of likely N-dealkylation sites (tertiary alicyclic amines) is 1. The minimum absolute atomic E-state index is 0.107. The lowest BCUT2D eigenvalue weighted by molar-refractivity contribution is -0.155. The van der Waals surface area contributed by atoms with Crippen molar-refractivity contribution in [1.29, 1.82) is 0 Å². The molecule has 8 nitrogen and oxygen atoms in total. The Morgan fingerprint density at radius 1 is 1.26 bits per heavy atom. The van der Waals surface area contributed by atoms with Crippen LogP contribution in [0.3, 0.4) is 0 Å². The third-order valence-corrected chi connectivity index (χ3v) is 7.62. The molecule has 9 heteroatoms. The number of benzene rings is 1. The third-order valence-electron chi connectivity index (χ3n) is 7.29. The van der Waals surface area contributed by atoms with E-state index in [0.29, 0.717) is 36.0 Å². The van der Waals surface area contributed by atoms with E-state index in [1.165, 1.54) is 0 Å². The van der Waals surface area contributed by atoms with Gasteiger partial charge in [-0.2, -0.15) is 0 Å². The number of unbranched alkanes of at least 4 members (excludes halogenated alkanes) is 1. The lowest BCUT2D eigenvalue weighted by atomic mass is 9.84. The molecule has 1 aliphatic rings. The van der Waals surface area contributed by atoms with Crippen molar-refractivity contribution in [3.05, 3.63) is 53.2 Å². The van der Waals surface area contributed by atoms with E-state index in [-0.39, 0.29) is 24.3 Å². The van der Waals surface area contributed by atoms with Crippen LogP contribution in [0.1, 0.15) is 65.4 Å². The van der Waals surface area contributed by atoms with Crippen molar-refractivity contribution in [3.8, 4) is 0 Å². The fraction of sp³-hybridized carbons (Fsp3) is 0.567. The molecule has 1 aliphatic heterocycles. The van der Waals surface area contributed by atoms with Crippen LogP contribution in [0.2, 0.25) is 5.02 Å². The third kappa shape index (κ3) is 9.39. The Morgan fingerprint density at radius 3 is 2.44 bits per heavy atom. The van der Waals surface area contributed by atoms with Crippen LogP contribution in [0.5, 0.6) is 0 Å². The zero-order valence-corrected chi connectivity index (χ0v) is 24.8. The number of carbonyl (C=O) groups excluding carboxylic acids is 3. The van der Waals surface area contributed by atoms with Gasteiger partial charge < -0.3 is 15.5 Å². The van der Waals surface area contributed by atoms with E-state index in [1.54, 1.807) is 0 Å². The van der Waals surface area contributed by atoms with Crippen LogP contribution in [0.25, 0.3) is 5.57 Å². The Labute approximate surface area is 238 Å². The normalized spacial score (nSPS) is 16.3. The average molecular weight is 561 g/mol. The SMILES string of the molecule is C=C(/C=C(\NC)C1CCN(C(=O)[C@@H](NC(=O)C(CCCC)CN(O)C=O)C(C)(C)C)CC1)c1ccccc1Cl. The van der Waals surface area contributed by atoms with E-state index in [4.69, 9.17) is 11.6 Å². The Kier molecular flexibility index (Phi) is 12.5. The number of hydroxylamine groups is 2. The van der Waals surface area contributed by atoms with Gasteiger partial charge in [0.15, 0.2) is 0 Å². The standard InChI is InChI=1S/C30H45ClN4O4/c1-7-8-11-23(19-35(39)20-36)28(37)33-27(30(3,4)5)29(38)34-16-14-22(15-17-34)26(32-6)18-21(2)24-12-9-10-13-25(24)31/h9-10,12-13,18,20,22-23,27,32,39H,2,7-8,11,14-17,19H2,1,3-6H3,(H,33,37)/b26-18-/t23?,27-/m1/s1. The van der Waals surface area contributed by atoms with Gasteiger partial charge in [0.05, 0.1) is 12.5 Å². The van der Waals surface area contributed by atoms with Crippen molar-refractivity contribution in [1.82, 2.24) is 20.6 Å². The summed E-state index contributed by atoms with van der Waals surface area (Å²) in [7, 11) is 1.89. The van der Waals surface area contributed by atoms with E-state index in [1.807, 2.05) is 70.0 Å². The molecule has 1 heterocycles. The number of nitrogens with zero attached hydrogens (tertiary/aromatic N) is 2. The van der Waals surface area contributed by atoms with E-state index in [9.17, 15) is 19.6 Å². The number of halogens is 1. The molecule has 2 rings (SSSR count). The molecule has 0 bridgehead atoms. The molecular formula is C30H45ClN4O4. The van der Waals surface area contributed by atoms with Crippen molar-refractivity contribution in [2.45, 2.75) is 65.8 Å². The predicted octanol–water partition coefficient (Wildman–Crippen LogP) is 4.88. The quantitative estimate of drug-likeness (QED) is 0.138. The van der Waals surface area contributed by atoms with Gasteiger partial charge in [0, 0.05) is 36.8 Å². The summed E-state index contributed by atoms with van der Waals surface area (Å²) in [6.07, 6.45) is 6.04. The smallest absolute Gasteiger partial charge is 0.245 e. The van der Waals surface area contributed by atoms with Gasteiger partial charge in [-0.05, 0) is 48.0 Å². The Bertz CT molecular complexity index is 1030. The highest BCUT2D eigenvalue weighted by Crippen LogP contribution is 2.30. The van der Waals surface area contributed by atoms with Gasteiger partial charge in [0.2, 0.25) is 18.2 Å². The molecule has 0 aromatic heterocycles. The van der Waals surface area contributed by atoms with Crippen LogP contribution >= 0.6 is 11.6 Å². The maximum absolute atomic E-state index is 13.7. The number of hydrogen-bond donors (Lipinski definition) is 3. The summed E-state index contributed by atoms with van der Waals surface area (Å²) < 4.78 is 0. The summed E-state index contributed by atoms with van der Waals surface area (Å²) in [5, 5.41) is 17.1. The highest BCUT2D eigenvalue weighted by atomic mass is 35.5. The first-order valence-electron chi connectivity index (χ1n) is 13.8. The van der Waals surface area contributed by atoms with Crippen LogP contribution in [-0.4, -0.2) is 66.1 Å². The van der Waals surface area contributed by atoms with E-state index >= 15 is 0 Å². The minimum Gasteiger partial charge on any atom is -0.391 e. The lowest BCUT2D eigenvalue weighted by Crippen LogP contribution is -2.57. The molecular weight excluding hydrogens is 516 g/mol. The molecule has 1 aromatic carbocycles. The summed E-state index contributed by atoms with van der Waals surface area (Å²) >= 11 is 6.35. The largest absolute Gasteiger partial charge is 0.391 e. The number of nitrogens with one attached hydrogen (secondary N) is 2. The van der Waals surface area contributed by atoms with Crippen LogP contribution in [-0.2, 0) is 14.4 Å². The first-order valence-corrected chi connectivity index (χ1v) is 14.1. The number of piperidine rings is 1. The van der Waals surface area contributed by atoms with Crippen LogP contribution in [0.4, 0.5) is 0 Å². The van der Waals surface area contributed by atoms with Crippen molar-refractivity contribution < 1.29 is 19.6 Å². The number of allylic oxidation sites excluding steroid dienone is 3. The fourth-order valence-corrected chi connectivity index (χ4v) is 5.17. The fourth-order valence-electron chi connectivity index (χ4n) is 4.91. The summed E-state index contributed by atoms with van der Waals surface area (Å²) in [6, 6.07) is 6.88.